The van der Waals surface area contributed by atoms with Crippen LogP contribution in [-0.2, 0) is 9.59 Å². The fourth-order valence-electron chi connectivity index (χ4n) is 1.99. The minimum absolute atomic E-state index is 0.0652. The highest BCUT2D eigenvalue weighted by atomic mass is 16.3. The van der Waals surface area contributed by atoms with E-state index in [9.17, 15) is 14.7 Å². The molecule has 1 rings (SSSR count). The van der Waals surface area contributed by atoms with Crippen LogP contribution < -0.4 is 10.6 Å². The van der Waals surface area contributed by atoms with Crippen molar-refractivity contribution < 1.29 is 14.7 Å². The van der Waals surface area contributed by atoms with E-state index in [0.29, 0.717) is 13.1 Å². The number of hydrogen-bond acceptors (Lipinski definition) is 3. The van der Waals surface area contributed by atoms with Gasteiger partial charge in [0.2, 0.25) is 11.8 Å². The average molecular weight is 242 g/mol. The molecule has 5 heteroatoms. The third-order valence-corrected chi connectivity index (χ3v) is 3.82. The van der Waals surface area contributed by atoms with Crippen LogP contribution in [0.1, 0.15) is 33.1 Å². The minimum atomic E-state index is -0.257. The molecule has 1 aliphatic heterocycles. The highest BCUT2D eigenvalue weighted by molar-refractivity contribution is 5.89. The Morgan fingerprint density at radius 1 is 1.53 bits per heavy atom. The Morgan fingerprint density at radius 2 is 2.18 bits per heavy atom. The molecule has 0 saturated carbocycles. The third kappa shape index (κ3) is 3.43. The van der Waals surface area contributed by atoms with Crippen LogP contribution in [0.2, 0.25) is 0 Å². The second-order valence-electron chi connectivity index (χ2n) is 4.79. The molecule has 98 valence electrons. The quantitative estimate of drug-likeness (QED) is 0.615. The van der Waals surface area contributed by atoms with Gasteiger partial charge in [0, 0.05) is 24.9 Å². The maximum absolute atomic E-state index is 11.8. The lowest BCUT2D eigenvalue weighted by Gasteiger charge is -2.29. The Kier molecular flexibility index (Phi) is 4.93. The van der Waals surface area contributed by atoms with Gasteiger partial charge in [0.15, 0.2) is 0 Å². The molecule has 0 radical (unpaired) electrons. The van der Waals surface area contributed by atoms with Crippen molar-refractivity contribution in [3.63, 3.8) is 0 Å². The van der Waals surface area contributed by atoms with E-state index in [1.165, 1.54) is 0 Å². The molecule has 0 aromatic heterocycles. The molecule has 1 heterocycles. The van der Waals surface area contributed by atoms with Crippen molar-refractivity contribution in [1.29, 1.82) is 0 Å². The number of hydrogen-bond donors (Lipinski definition) is 3. The molecule has 1 aliphatic rings. The summed E-state index contributed by atoms with van der Waals surface area (Å²) >= 11 is 0. The zero-order chi connectivity index (χ0) is 12.9. The van der Waals surface area contributed by atoms with Gasteiger partial charge in [-0.25, -0.2) is 0 Å². The monoisotopic (exact) mass is 242 g/mol. The Morgan fingerprint density at radius 3 is 2.59 bits per heavy atom. The highest BCUT2D eigenvalue weighted by Gasteiger charge is 2.30. The molecule has 17 heavy (non-hydrogen) atoms. The van der Waals surface area contributed by atoms with Gasteiger partial charge in [-0.15, -0.1) is 0 Å². The Bertz CT molecular complexity index is 279. The Hall–Kier alpha value is -1.10. The third-order valence-electron chi connectivity index (χ3n) is 3.82. The summed E-state index contributed by atoms with van der Waals surface area (Å²) in [5.74, 6) is -0.416. The van der Waals surface area contributed by atoms with Crippen molar-refractivity contribution in [3.8, 4) is 0 Å². The number of rotatable bonds is 6. The van der Waals surface area contributed by atoms with Gasteiger partial charge >= 0.3 is 0 Å². The predicted octanol–water partition coefficient (Wildman–Crippen LogP) is 0.0374. The van der Waals surface area contributed by atoms with E-state index in [0.717, 1.165) is 12.8 Å². The number of carbonyl (C=O) groups is 2. The first-order valence-electron chi connectivity index (χ1n) is 6.22. The average Bonchev–Trinajstić information content (AvgIpc) is 2.78. The second kappa shape index (κ2) is 6.00. The first kappa shape index (κ1) is 14.0. The molecule has 1 fully saturated rings. The maximum atomic E-state index is 11.8. The van der Waals surface area contributed by atoms with Crippen LogP contribution in [0.15, 0.2) is 0 Å². The van der Waals surface area contributed by atoms with Crippen LogP contribution in [0, 0.1) is 11.3 Å². The lowest BCUT2D eigenvalue weighted by molar-refractivity contribution is -0.127. The molecule has 0 spiro atoms. The molecular weight excluding hydrogens is 220 g/mol. The zero-order valence-electron chi connectivity index (χ0n) is 10.6. The first-order valence-corrected chi connectivity index (χ1v) is 6.22. The second-order valence-corrected chi connectivity index (χ2v) is 4.79. The summed E-state index contributed by atoms with van der Waals surface area (Å²) in [4.78, 5) is 22.8. The highest BCUT2D eigenvalue weighted by Crippen LogP contribution is 2.24. The summed E-state index contributed by atoms with van der Waals surface area (Å²) in [6, 6.07) is 0. The fraction of sp³-hybridized carbons (Fsp3) is 0.833. The molecule has 1 atom stereocenters. The number of carbonyl (C=O) groups excluding carboxylic acids is 2. The SMILES string of the molecule is CCC(CC)(CO)CNC(=O)C1CNC(=O)C1. The van der Waals surface area contributed by atoms with Crippen molar-refractivity contribution in [2.24, 2.45) is 11.3 Å². The van der Waals surface area contributed by atoms with Crippen LogP contribution in [0.25, 0.3) is 0 Å². The summed E-state index contributed by atoms with van der Waals surface area (Å²) in [7, 11) is 0. The van der Waals surface area contributed by atoms with Crippen LogP contribution in [-0.4, -0.2) is 36.6 Å². The summed E-state index contributed by atoms with van der Waals surface area (Å²) in [5, 5.41) is 14.9. The molecule has 0 aliphatic carbocycles. The van der Waals surface area contributed by atoms with Gasteiger partial charge in [0.1, 0.15) is 0 Å². The van der Waals surface area contributed by atoms with Crippen molar-refractivity contribution in [2.75, 3.05) is 19.7 Å². The summed E-state index contributed by atoms with van der Waals surface area (Å²) in [5.41, 5.74) is -0.230. The normalized spacial score (nSPS) is 20.2. The van der Waals surface area contributed by atoms with Gasteiger partial charge in [-0.3, -0.25) is 9.59 Å². The topological polar surface area (TPSA) is 78.4 Å². The van der Waals surface area contributed by atoms with Crippen LogP contribution >= 0.6 is 0 Å². The van der Waals surface area contributed by atoms with Crippen LogP contribution in [0.3, 0.4) is 0 Å². The van der Waals surface area contributed by atoms with Crippen LogP contribution in [0.5, 0.6) is 0 Å². The lowest BCUT2D eigenvalue weighted by atomic mass is 9.83. The molecule has 3 N–H and O–H groups in total. The predicted molar refractivity (Wildman–Crippen MR) is 64.2 cm³/mol. The van der Waals surface area contributed by atoms with E-state index in [1.54, 1.807) is 0 Å². The van der Waals surface area contributed by atoms with Gasteiger partial charge in [0.05, 0.1) is 12.5 Å². The molecule has 0 aromatic rings. The molecule has 2 amide bonds. The molecular formula is C12H22N2O3. The number of amides is 2. The zero-order valence-corrected chi connectivity index (χ0v) is 10.6. The summed E-state index contributed by atoms with van der Waals surface area (Å²) < 4.78 is 0. The Balaban J connectivity index is 2.44. The summed E-state index contributed by atoms with van der Waals surface area (Å²) in [6.07, 6.45) is 1.92. The summed E-state index contributed by atoms with van der Waals surface area (Å²) in [6.45, 7) is 4.98. The van der Waals surface area contributed by atoms with E-state index >= 15 is 0 Å². The largest absolute Gasteiger partial charge is 0.396 e. The van der Waals surface area contributed by atoms with Crippen molar-refractivity contribution in [2.45, 2.75) is 33.1 Å². The minimum Gasteiger partial charge on any atom is -0.396 e. The molecule has 0 bridgehead atoms. The van der Waals surface area contributed by atoms with E-state index < -0.39 is 0 Å². The molecule has 1 unspecified atom stereocenters. The number of nitrogens with one attached hydrogen (secondary N) is 2. The number of aliphatic hydroxyl groups excluding tert-OH is 1. The standard InChI is InChI=1S/C12H22N2O3/c1-3-12(4-2,8-15)7-14-11(17)9-5-10(16)13-6-9/h9,15H,3-8H2,1-2H3,(H,13,16)(H,14,17). The first-order chi connectivity index (χ1) is 8.06. The van der Waals surface area contributed by atoms with Crippen molar-refractivity contribution >= 4 is 11.8 Å². The van der Waals surface area contributed by atoms with Crippen LogP contribution in [0.4, 0.5) is 0 Å². The lowest BCUT2D eigenvalue weighted by Crippen LogP contribution is -2.42. The molecule has 1 saturated heterocycles. The van der Waals surface area contributed by atoms with E-state index in [2.05, 4.69) is 10.6 Å². The van der Waals surface area contributed by atoms with Crippen molar-refractivity contribution in [3.05, 3.63) is 0 Å². The van der Waals surface area contributed by atoms with E-state index in [4.69, 9.17) is 0 Å². The van der Waals surface area contributed by atoms with Gasteiger partial charge in [-0.2, -0.15) is 0 Å². The van der Waals surface area contributed by atoms with E-state index in [-0.39, 0.29) is 36.2 Å². The van der Waals surface area contributed by atoms with Crippen molar-refractivity contribution in [1.82, 2.24) is 10.6 Å². The van der Waals surface area contributed by atoms with Gasteiger partial charge in [-0.1, -0.05) is 13.8 Å². The molecule has 5 nitrogen and oxygen atoms in total. The van der Waals surface area contributed by atoms with Gasteiger partial charge in [0.25, 0.3) is 0 Å². The van der Waals surface area contributed by atoms with Gasteiger partial charge < -0.3 is 15.7 Å². The number of aliphatic hydroxyl groups is 1. The smallest absolute Gasteiger partial charge is 0.225 e. The Labute approximate surface area is 102 Å². The molecule has 0 aromatic carbocycles. The maximum Gasteiger partial charge on any atom is 0.225 e. The van der Waals surface area contributed by atoms with Gasteiger partial charge in [-0.05, 0) is 12.8 Å². The van der Waals surface area contributed by atoms with E-state index in [1.807, 2.05) is 13.8 Å². The fourth-order valence-corrected chi connectivity index (χ4v) is 1.99.